The second kappa shape index (κ2) is 30.8. The molecule has 0 bridgehead atoms. The van der Waals surface area contributed by atoms with Gasteiger partial charge in [-0.05, 0) is 103 Å². The fraction of sp³-hybridized carbons (Fsp3) is 0.706. The van der Waals surface area contributed by atoms with E-state index in [1.165, 1.54) is 0 Å². The van der Waals surface area contributed by atoms with E-state index in [9.17, 15) is 9.59 Å². The van der Waals surface area contributed by atoms with Crippen LogP contribution in [0.3, 0.4) is 0 Å². The van der Waals surface area contributed by atoms with Gasteiger partial charge < -0.3 is 73.5 Å². The maximum absolute atomic E-state index is 14.2. The molecule has 0 aromatic heterocycles. The molecule has 0 spiro atoms. The molecule has 2 N–H and O–H groups in total. The Morgan fingerprint density at radius 2 is 0.667 bits per heavy atom. The first-order chi connectivity index (χ1) is 35.2. The predicted octanol–water partition coefficient (Wildman–Crippen LogP) is 9.09. The normalized spacial score (nSPS) is 13.1. The van der Waals surface area contributed by atoms with Gasteiger partial charge in [-0.1, -0.05) is 48.5 Å². The van der Waals surface area contributed by atoms with E-state index in [-0.39, 0.29) is 14.9 Å². The quantitative estimate of drug-likeness (QED) is 0.0484. The maximum Gasteiger partial charge on any atom is 0.500 e. The monoisotopic (exact) mass is 1130 g/mol. The molecule has 2 rings (SSSR count). The van der Waals surface area contributed by atoms with Crippen LogP contribution in [-0.4, -0.2) is 175 Å². The summed E-state index contributed by atoms with van der Waals surface area (Å²) < 4.78 is 67.8. The van der Waals surface area contributed by atoms with Crippen LogP contribution in [0, 0.1) is 0 Å². The zero-order valence-electron chi connectivity index (χ0n) is 49.1. The molecule has 432 valence electrons. The highest BCUT2D eigenvalue weighted by atomic mass is 28.4. The topological polar surface area (TPSA) is 200 Å². The van der Waals surface area contributed by atoms with E-state index in [0.29, 0.717) is 76.0 Å². The Morgan fingerprint density at radius 1 is 0.440 bits per heavy atom. The molecule has 0 heterocycles. The molecule has 0 radical (unpaired) electrons. The number of hydrogen-bond donors (Lipinski definition) is 2. The standard InChI is InChI=1S/C51H94N6O14Si4.2H2/c1-48(2,42-27-21-29-44(39-42)50(5,6)54-46(58)56(31-23-35-72(60-9,61-10)62-11)32-24-36-73(63-12,64-13)65-14)52-41-53-49(3,4)43-28-22-30-45(40-43)51(7,8)55-47(59)57(33-25-37-74(66-15,67-16)68-17)34-26-38-75(69-18,70-19)71-20;;/h21-22,27-30,39-40H,23-26,31-38H2,1-20H3,(H,54,58)(H,55,59);2*1H. The van der Waals surface area contributed by atoms with Crippen LogP contribution < -0.4 is 10.6 Å². The van der Waals surface area contributed by atoms with E-state index >= 15 is 0 Å². The molecule has 24 heteroatoms. The molecule has 0 fully saturated rings. The van der Waals surface area contributed by atoms with Crippen molar-refractivity contribution in [2.75, 3.05) is 111 Å². The molecule has 0 aliphatic rings. The first kappa shape index (κ1) is 67.9. The molecule has 0 saturated carbocycles. The van der Waals surface area contributed by atoms with Gasteiger partial charge in [0.25, 0.3) is 0 Å². The number of aliphatic imine (C=N–C) groups is 2. The summed E-state index contributed by atoms with van der Waals surface area (Å²) in [5, 5.41) is 6.58. The summed E-state index contributed by atoms with van der Waals surface area (Å²) in [6.07, 6.45) is 2.41. The molecule has 0 aliphatic carbocycles. The second-order valence-corrected chi connectivity index (χ2v) is 32.6. The van der Waals surface area contributed by atoms with Crippen molar-refractivity contribution >= 4 is 53.3 Å². The summed E-state index contributed by atoms with van der Waals surface area (Å²) in [5.74, 6) is 0. The summed E-state index contributed by atoms with van der Waals surface area (Å²) in [5.41, 5.74) is 0.628. The molecule has 2 aromatic carbocycles. The highest BCUT2D eigenvalue weighted by molar-refractivity contribution is 6.61. The van der Waals surface area contributed by atoms with Crippen molar-refractivity contribution in [1.29, 1.82) is 0 Å². The number of carbonyl (C=O) groups is 2. The summed E-state index contributed by atoms with van der Waals surface area (Å²) in [7, 11) is 7.58. The van der Waals surface area contributed by atoms with Crippen LogP contribution in [0.2, 0.25) is 24.2 Å². The lowest BCUT2D eigenvalue weighted by Crippen LogP contribution is -2.50. The van der Waals surface area contributed by atoms with Gasteiger partial charge in [0.05, 0.1) is 28.2 Å². The van der Waals surface area contributed by atoms with Crippen molar-refractivity contribution in [2.45, 2.75) is 127 Å². The zero-order valence-corrected chi connectivity index (χ0v) is 53.1. The van der Waals surface area contributed by atoms with Crippen LogP contribution in [0.5, 0.6) is 0 Å². The van der Waals surface area contributed by atoms with Crippen LogP contribution in [0.15, 0.2) is 58.5 Å². The van der Waals surface area contributed by atoms with Crippen molar-refractivity contribution < 1.29 is 65.6 Å². The molecule has 0 aliphatic heterocycles. The predicted molar refractivity (Wildman–Crippen MR) is 304 cm³/mol. The Bertz CT molecular complexity index is 1890. The van der Waals surface area contributed by atoms with Gasteiger partial charge in [0, 0.05) is 139 Å². The molecule has 2 aromatic rings. The molecular formula is C51H98N6O14Si4. The fourth-order valence-corrected chi connectivity index (χ4v) is 15.4. The average molecular weight is 1130 g/mol. The molecule has 0 atom stereocenters. The largest absolute Gasteiger partial charge is 0.500 e. The Labute approximate surface area is 457 Å². The number of carbonyl (C=O) groups excluding carboxylic acids is 2. The van der Waals surface area contributed by atoms with Gasteiger partial charge in [0.15, 0.2) is 0 Å². The number of hydrogen-bond acceptors (Lipinski definition) is 16. The van der Waals surface area contributed by atoms with Gasteiger partial charge in [-0.3, -0.25) is 0 Å². The molecule has 20 nitrogen and oxygen atoms in total. The third-order valence-electron chi connectivity index (χ3n) is 14.0. The van der Waals surface area contributed by atoms with Crippen LogP contribution >= 0.6 is 0 Å². The minimum absolute atomic E-state index is 0. The summed E-state index contributed by atoms with van der Waals surface area (Å²) in [6, 6.07) is 20.9. The van der Waals surface area contributed by atoms with Crippen molar-refractivity contribution in [2.24, 2.45) is 9.98 Å². The van der Waals surface area contributed by atoms with Gasteiger partial charge in [-0.2, -0.15) is 0 Å². The number of benzene rings is 2. The van der Waals surface area contributed by atoms with Gasteiger partial charge >= 0.3 is 47.3 Å². The van der Waals surface area contributed by atoms with Crippen LogP contribution in [-0.2, 0) is 75.3 Å². The van der Waals surface area contributed by atoms with E-state index in [1.807, 2.05) is 91.8 Å². The summed E-state index contributed by atoms with van der Waals surface area (Å²) >= 11 is 0. The van der Waals surface area contributed by atoms with Gasteiger partial charge in [-0.25, -0.2) is 19.6 Å². The van der Waals surface area contributed by atoms with Gasteiger partial charge in [0.2, 0.25) is 0 Å². The minimum atomic E-state index is -2.86. The van der Waals surface area contributed by atoms with Crippen molar-refractivity contribution in [3.05, 3.63) is 70.8 Å². The first-order valence-corrected chi connectivity index (χ1v) is 33.1. The van der Waals surface area contributed by atoms with E-state index in [1.54, 1.807) is 95.1 Å². The SMILES string of the molecule is CO[Si](CCCN(CCC[Si](OC)(OC)OC)C(=O)NC(C)(C)c1cccc(C(C)(C)N=C=NC(C)(C)c2cccc(C(C)(C)NC(=O)N(CCC[Si](OC)(OC)OC)CCC[Si](OC)(OC)OC)c2)c1)(OC)OC.[HH].[HH]. The highest BCUT2D eigenvalue weighted by Gasteiger charge is 2.41. The Balaban J connectivity index is 0.0000289. The second-order valence-electron chi connectivity index (χ2n) is 20.3. The molecule has 0 saturated heterocycles. The van der Waals surface area contributed by atoms with Crippen molar-refractivity contribution in [3.8, 4) is 0 Å². The molecular weight excluding hydrogens is 1030 g/mol. The lowest BCUT2D eigenvalue weighted by atomic mass is 9.87. The molecule has 4 amide bonds. The van der Waals surface area contributed by atoms with Crippen LogP contribution in [0.4, 0.5) is 9.59 Å². The third kappa shape index (κ3) is 19.6. The summed E-state index contributed by atoms with van der Waals surface area (Å²) in [4.78, 5) is 41.7. The van der Waals surface area contributed by atoms with Gasteiger partial charge in [0.1, 0.15) is 0 Å². The number of amides is 4. The zero-order chi connectivity index (χ0) is 56.8. The lowest BCUT2D eigenvalue weighted by Gasteiger charge is -2.33. The summed E-state index contributed by atoms with van der Waals surface area (Å²) in [6.45, 7) is 17.7. The molecule has 75 heavy (non-hydrogen) atoms. The molecule has 0 unspecified atom stereocenters. The number of nitrogens with one attached hydrogen (secondary N) is 2. The fourth-order valence-electron chi connectivity index (χ4n) is 8.62. The first-order valence-electron chi connectivity index (χ1n) is 25.4. The maximum atomic E-state index is 14.2. The Kier molecular flexibility index (Phi) is 27.8. The van der Waals surface area contributed by atoms with Crippen molar-refractivity contribution in [1.82, 2.24) is 20.4 Å². The Hall–Kier alpha value is -3.25. The van der Waals surface area contributed by atoms with Crippen LogP contribution in [0.1, 0.15) is 106 Å². The highest BCUT2D eigenvalue weighted by Crippen LogP contribution is 2.32. The van der Waals surface area contributed by atoms with E-state index < -0.39 is 57.4 Å². The lowest BCUT2D eigenvalue weighted by molar-refractivity contribution is 0.119. The average Bonchev–Trinajstić information content (AvgIpc) is 3.40. The number of rotatable bonds is 36. The minimum Gasteiger partial charge on any atom is -0.377 e. The van der Waals surface area contributed by atoms with E-state index in [0.717, 1.165) is 22.3 Å². The van der Waals surface area contributed by atoms with Crippen LogP contribution in [0.25, 0.3) is 0 Å². The van der Waals surface area contributed by atoms with Gasteiger partial charge in [-0.15, -0.1) is 0 Å². The number of urea groups is 2. The third-order valence-corrected chi connectivity index (χ3v) is 25.4. The van der Waals surface area contributed by atoms with E-state index in [4.69, 9.17) is 63.1 Å². The van der Waals surface area contributed by atoms with E-state index in [2.05, 4.69) is 28.8 Å². The van der Waals surface area contributed by atoms with Crippen molar-refractivity contribution in [3.63, 3.8) is 0 Å². The Morgan fingerprint density at radius 3 is 0.893 bits per heavy atom. The number of nitrogens with zero attached hydrogens (tertiary/aromatic N) is 4. The smallest absolute Gasteiger partial charge is 0.377 e.